The fraction of sp³-hybridized carbons (Fsp3) is 0.250. The highest BCUT2D eigenvalue weighted by Gasteiger charge is 2.27. The van der Waals surface area contributed by atoms with E-state index in [9.17, 15) is 14.7 Å². The Morgan fingerprint density at radius 3 is 2.39 bits per heavy atom. The minimum absolute atomic E-state index is 0.176. The van der Waals surface area contributed by atoms with E-state index >= 15 is 0 Å². The van der Waals surface area contributed by atoms with Crippen LogP contribution in [0.25, 0.3) is 0 Å². The third kappa shape index (κ3) is 4.25. The number of rotatable bonds is 6. The molecule has 7 nitrogen and oxygen atoms in total. The predicted octanol–water partition coefficient (Wildman–Crippen LogP) is 2.49. The predicted molar refractivity (Wildman–Crippen MR) is 104 cm³/mol. The molecule has 28 heavy (non-hydrogen) atoms. The van der Waals surface area contributed by atoms with Crippen LogP contribution in [0.2, 0.25) is 5.02 Å². The zero-order valence-corrected chi connectivity index (χ0v) is 16.1. The number of hydrogen-bond donors (Lipinski definition) is 1. The summed E-state index contributed by atoms with van der Waals surface area (Å²) in [7, 11) is 1.67. The average molecular weight is 399 g/mol. The fourth-order valence-corrected chi connectivity index (χ4v) is 3.40. The lowest BCUT2D eigenvalue weighted by atomic mass is 10.1. The standard InChI is InChI=1S/C20H19ClN4O3/c1-23(25-10-15-4-2-3-5-16(15)11-25)19(26)12-24(13-20(27)28)18-8-14(9-22)6-7-17(18)21/h2-8H,10-13H2,1H3,(H,27,28). The van der Waals surface area contributed by atoms with E-state index < -0.39 is 12.5 Å². The van der Waals surface area contributed by atoms with Crippen molar-refractivity contribution < 1.29 is 14.7 Å². The number of carbonyl (C=O) groups excluding carboxylic acids is 1. The summed E-state index contributed by atoms with van der Waals surface area (Å²) in [4.78, 5) is 25.5. The number of carboxylic acid groups (broad SMARTS) is 1. The van der Waals surface area contributed by atoms with Crippen molar-refractivity contribution in [1.82, 2.24) is 10.0 Å². The number of halogens is 1. The van der Waals surface area contributed by atoms with Crippen molar-refractivity contribution in [2.24, 2.45) is 0 Å². The van der Waals surface area contributed by atoms with Crippen LogP contribution in [0.1, 0.15) is 16.7 Å². The highest BCUT2D eigenvalue weighted by atomic mass is 35.5. The lowest BCUT2D eigenvalue weighted by molar-refractivity contribution is -0.145. The molecule has 8 heteroatoms. The smallest absolute Gasteiger partial charge is 0.323 e. The molecular weight excluding hydrogens is 380 g/mol. The quantitative estimate of drug-likeness (QED) is 0.804. The van der Waals surface area contributed by atoms with Crippen LogP contribution in [0.5, 0.6) is 0 Å². The number of amides is 1. The maximum atomic E-state index is 12.9. The maximum Gasteiger partial charge on any atom is 0.323 e. The normalized spacial score (nSPS) is 12.9. The largest absolute Gasteiger partial charge is 0.480 e. The second-order valence-corrected chi connectivity index (χ2v) is 6.94. The van der Waals surface area contributed by atoms with Crippen LogP contribution in [-0.2, 0) is 22.7 Å². The Morgan fingerprint density at radius 2 is 1.82 bits per heavy atom. The molecular formula is C20H19ClN4O3. The zero-order chi connectivity index (χ0) is 20.3. The number of anilines is 1. The minimum atomic E-state index is -1.09. The summed E-state index contributed by atoms with van der Waals surface area (Å²) in [5.74, 6) is -1.37. The molecule has 2 aromatic carbocycles. The fourth-order valence-electron chi connectivity index (χ4n) is 3.16. The van der Waals surface area contributed by atoms with Gasteiger partial charge in [0.15, 0.2) is 0 Å². The number of benzene rings is 2. The molecule has 2 aromatic rings. The topological polar surface area (TPSA) is 87.9 Å². The molecule has 1 heterocycles. The van der Waals surface area contributed by atoms with E-state index in [1.165, 1.54) is 22.0 Å². The third-order valence-corrected chi connectivity index (χ3v) is 5.00. The van der Waals surface area contributed by atoms with Gasteiger partial charge in [0, 0.05) is 20.1 Å². The molecule has 0 aliphatic carbocycles. The Kier molecular flexibility index (Phi) is 5.83. The van der Waals surface area contributed by atoms with Gasteiger partial charge in [-0.3, -0.25) is 14.6 Å². The summed E-state index contributed by atoms with van der Waals surface area (Å²) >= 11 is 6.20. The molecule has 0 unspecified atom stereocenters. The number of carbonyl (C=O) groups is 2. The molecule has 3 rings (SSSR count). The number of carboxylic acids is 1. The van der Waals surface area contributed by atoms with E-state index in [0.29, 0.717) is 24.3 Å². The summed E-state index contributed by atoms with van der Waals surface area (Å²) in [6.07, 6.45) is 0. The first-order valence-corrected chi connectivity index (χ1v) is 9.01. The molecule has 0 fully saturated rings. The van der Waals surface area contributed by atoms with Crippen molar-refractivity contribution in [2.75, 3.05) is 25.0 Å². The Morgan fingerprint density at radius 1 is 1.18 bits per heavy atom. The molecule has 1 N–H and O–H groups in total. The van der Waals surface area contributed by atoms with E-state index in [-0.39, 0.29) is 17.5 Å². The zero-order valence-electron chi connectivity index (χ0n) is 15.3. The molecule has 0 spiro atoms. The van der Waals surface area contributed by atoms with Crippen LogP contribution >= 0.6 is 11.6 Å². The van der Waals surface area contributed by atoms with Crippen LogP contribution in [0, 0.1) is 11.3 Å². The van der Waals surface area contributed by atoms with Gasteiger partial charge >= 0.3 is 5.97 Å². The van der Waals surface area contributed by atoms with Crippen LogP contribution in [0.4, 0.5) is 5.69 Å². The van der Waals surface area contributed by atoms with E-state index in [2.05, 4.69) is 0 Å². The molecule has 0 saturated heterocycles. The van der Waals surface area contributed by atoms with Gasteiger partial charge in [-0.05, 0) is 29.3 Å². The summed E-state index contributed by atoms with van der Waals surface area (Å²) in [5, 5.41) is 22.1. The summed E-state index contributed by atoms with van der Waals surface area (Å²) in [6.45, 7) is 0.642. The molecule has 0 bridgehead atoms. The highest BCUT2D eigenvalue weighted by molar-refractivity contribution is 6.33. The van der Waals surface area contributed by atoms with Crippen molar-refractivity contribution in [3.05, 3.63) is 64.2 Å². The molecule has 144 valence electrons. The van der Waals surface area contributed by atoms with Crippen molar-refractivity contribution in [1.29, 1.82) is 5.26 Å². The van der Waals surface area contributed by atoms with Gasteiger partial charge in [-0.15, -0.1) is 0 Å². The number of hydrogen-bond acceptors (Lipinski definition) is 5. The lowest BCUT2D eigenvalue weighted by Gasteiger charge is -2.31. The second-order valence-electron chi connectivity index (χ2n) is 6.54. The van der Waals surface area contributed by atoms with E-state index in [0.717, 1.165) is 11.1 Å². The van der Waals surface area contributed by atoms with Crippen LogP contribution in [0.3, 0.4) is 0 Å². The van der Waals surface area contributed by atoms with Crippen molar-refractivity contribution in [3.63, 3.8) is 0 Å². The van der Waals surface area contributed by atoms with Crippen molar-refractivity contribution >= 4 is 29.2 Å². The summed E-state index contributed by atoms with van der Waals surface area (Å²) in [5.41, 5.74) is 3.00. The van der Waals surface area contributed by atoms with Crippen molar-refractivity contribution in [2.45, 2.75) is 13.1 Å². The second kappa shape index (κ2) is 8.30. The summed E-state index contributed by atoms with van der Waals surface area (Å²) in [6, 6.07) is 14.5. The molecule has 1 amide bonds. The monoisotopic (exact) mass is 398 g/mol. The molecule has 0 saturated carbocycles. The van der Waals surface area contributed by atoms with Crippen LogP contribution in [0.15, 0.2) is 42.5 Å². The Balaban J connectivity index is 1.77. The van der Waals surface area contributed by atoms with Crippen LogP contribution < -0.4 is 4.90 Å². The van der Waals surface area contributed by atoms with E-state index in [4.69, 9.17) is 16.9 Å². The Hall–Kier alpha value is -3.08. The minimum Gasteiger partial charge on any atom is -0.480 e. The first-order valence-electron chi connectivity index (χ1n) is 8.63. The van der Waals surface area contributed by atoms with Gasteiger partial charge in [-0.25, -0.2) is 5.01 Å². The van der Waals surface area contributed by atoms with Gasteiger partial charge in [0.25, 0.3) is 5.91 Å². The Labute approximate surface area is 167 Å². The number of fused-ring (bicyclic) bond motifs is 1. The van der Waals surface area contributed by atoms with Gasteiger partial charge < -0.3 is 10.0 Å². The molecule has 0 atom stereocenters. The maximum absolute atomic E-state index is 12.9. The van der Waals surface area contributed by atoms with E-state index in [1.807, 2.05) is 35.3 Å². The molecule has 0 aromatic heterocycles. The number of nitriles is 1. The average Bonchev–Trinajstić information content (AvgIpc) is 3.11. The van der Waals surface area contributed by atoms with E-state index in [1.54, 1.807) is 13.1 Å². The SMILES string of the molecule is CN(C(=O)CN(CC(=O)O)c1cc(C#N)ccc1Cl)N1Cc2ccccc2C1. The summed E-state index contributed by atoms with van der Waals surface area (Å²) < 4.78 is 0. The Bertz CT molecular complexity index is 932. The molecule has 0 radical (unpaired) electrons. The van der Waals surface area contributed by atoms with Gasteiger partial charge in [0.2, 0.25) is 0 Å². The molecule has 1 aliphatic heterocycles. The first kappa shape index (κ1) is 19.7. The number of likely N-dealkylation sites (N-methyl/N-ethyl adjacent to an activating group) is 1. The highest BCUT2D eigenvalue weighted by Crippen LogP contribution is 2.28. The number of hydrazine groups is 1. The van der Waals surface area contributed by atoms with Gasteiger partial charge in [0.1, 0.15) is 6.54 Å². The van der Waals surface area contributed by atoms with Crippen molar-refractivity contribution in [3.8, 4) is 6.07 Å². The lowest BCUT2D eigenvalue weighted by Crippen LogP contribution is -2.46. The number of aliphatic carboxylic acids is 1. The van der Waals surface area contributed by atoms with Crippen LogP contribution in [-0.4, -0.2) is 47.1 Å². The number of nitrogens with zero attached hydrogens (tertiary/aromatic N) is 4. The van der Waals surface area contributed by atoms with Gasteiger partial charge in [-0.2, -0.15) is 5.26 Å². The third-order valence-electron chi connectivity index (χ3n) is 4.68. The van der Waals surface area contributed by atoms with Gasteiger partial charge in [-0.1, -0.05) is 35.9 Å². The molecule has 1 aliphatic rings. The first-order chi connectivity index (χ1) is 13.4. The van der Waals surface area contributed by atoms with Gasteiger partial charge in [0.05, 0.1) is 28.9 Å².